The van der Waals surface area contributed by atoms with Gasteiger partial charge < -0.3 is 86.3 Å². The topological polar surface area (TPSA) is 299 Å². The van der Waals surface area contributed by atoms with Crippen molar-refractivity contribution in [2.75, 3.05) is 115 Å². The van der Waals surface area contributed by atoms with Gasteiger partial charge in [-0.1, -0.05) is 128 Å². The van der Waals surface area contributed by atoms with E-state index in [1.807, 2.05) is 121 Å². The number of fused-ring (bicyclic) bond motifs is 1. The Kier molecular flexibility index (Phi) is 38.7. The molecule has 3 heterocycles. The summed E-state index contributed by atoms with van der Waals surface area (Å²) in [4.78, 5) is 87.6. The Morgan fingerprint density at radius 3 is 1.97 bits per heavy atom. The Labute approximate surface area is 582 Å². The number of nitrogens with one attached hydrogen (secondary N) is 7. The third-order valence-electron chi connectivity index (χ3n) is 18.5. The molecule has 0 spiro atoms. The predicted molar refractivity (Wildman–Crippen MR) is 368 cm³/mol. The molecule has 24 nitrogen and oxygen atoms in total. The molecule has 15 atom stereocenters. The Bertz CT molecular complexity index is 2510. The molecule has 0 bridgehead atoms. The first kappa shape index (κ1) is 82.5. The third-order valence-corrected chi connectivity index (χ3v) is 18.5. The second-order valence-corrected chi connectivity index (χ2v) is 26.0. The van der Waals surface area contributed by atoms with Gasteiger partial charge in [0, 0.05) is 84.7 Å². The van der Waals surface area contributed by atoms with E-state index in [-0.39, 0.29) is 97.4 Å². The normalized spacial score (nSPS) is 23.1. The molecule has 4 fully saturated rings. The summed E-state index contributed by atoms with van der Waals surface area (Å²) < 4.78 is 40.4. The van der Waals surface area contributed by atoms with Gasteiger partial charge in [-0.2, -0.15) is 0 Å². The molecule has 0 aromatic heterocycles. The Morgan fingerprint density at radius 2 is 1.39 bits per heavy atom. The number of piperidine rings is 1. The molecular formula is C68H112IN11O13Pt-3. The Hall–Kier alpha value is -3.96. The Balaban J connectivity index is 0.000000712. The van der Waals surface area contributed by atoms with Crippen molar-refractivity contribution in [1.29, 1.82) is 0 Å². The van der Waals surface area contributed by atoms with Gasteiger partial charge in [0.25, 0.3) is 0 Å². The van der Waals surface area contributed by atoms with Crippen LogP contribution in [0.5, 0.6) is 0 Å². The fraction of sp³-hybridized carbons (Fsp3) is 0.735. The average molecular weight is 1610 g/mol. The van der Waals surface area contributed by atoms with E-state index in [1.165, 1.54) is 7.11 Å². The number of hydrogen-bond acceptors (Lipinski definition) is 14. The number of nitrogens with zero attached hydrogens (tertiary/aromatic N) is 4. The van der Waals surface area contributed by atoms with E-state index >= 15 is 0 Å². The van der Waals surface area contributed by atoms with Crippen LogP contribution in [-0.2, 0) is 79.7 Å². The number of likely N-dealkylation sites (N-methyl/N-ethyl adjacent to an activating group) is 2. The molecule has 94 heavy (non-hydrogen) atoms. The van der Waals surface area contributed by atoms with Crippen LogP contribution in [0.3, 0.4) is 0 Å². The van der Waals surface area contributed by atoms with Crippen molar-refractivity contribution in [2.45, 2.75) is 173 Å². The molecule has 6 rings (SSSR count). The summed E-state index contributed by atoms with van der Waals surface area (Å²) in [6, 6.07) is 14.8. The first-order valence-corrected chi connectivity index (χ1v) is 39.9. The van der Waals surface area contributed by atoms with Gasteiger partial charge >= 0.3 is 41.5 Å². The SMILES string of the molecule is CC[C@H](C)[C@@H]([C@@H](CC(=O)N1CCC[C@H]1[C@H](OC)[C@@H](C)C(=O)N[C@@H](Cc1ccccc1)C(=O)NCCOCCOCCNC(=O)NCC1CC[N-]CC1)OC)N(C)C(=O)[C@@H](NC(=O)[C@H](C(C)C)N(C)C)C(C)C.CO[C@@H]1C[C@@H]2COC(c3ccccc3)O[C@H]2[C@H]([NH-])[C@H]1[NH-].[I][Pt]. The molecule has 1 aliphatic carbocycles. The molecule has 2 aromatic carbocycles. The maximum atomic E-state index is 14.5. The van der Waals surface area contributed by atoms with Crippen LogP contribution in [-0.4, -0.2) is 232 Å². The predicted octanol–water partition coefficient (Wildman–Crippen LogP) is 7.45. The van der Waals surface area contributed by atoms with Gasteiger partial charge in [0.1, 0.15) is 12.1 Å². The molecular weight excluding hydrogens is 1500 g/mol. The quantitative estimate of drug-likeness (QED) is 0.0336. The number of likely N-dealkylation sites (tertiary alicyclic amines) is 1. The van der Waals surface area contributed by atoms with Gasteiger partial charge in [0.15, 0.2) is 6.29 Å². The van der Waals surface area contributed by atoms with Crippen LogP contribution >= 0.6 is 19.4 Å². The fourth-order valence-corrected chi connectivity index (χ4v) is 13.1. The zero-order chi connectivity index (χ0) is 69.4. The van der Waals surface area contributed by atoms with E-state index in [0.717, 1.165) is 43.5 Å². The third kappa shape index (κ3) is 25.7. The summed E-state index contributed by atoms with van der Waals surface area (Å²) in [5.41, 5.74) is 18.2. The molecule has 1 unspecified atom stereocenters. The molecule has 1 saturated carbocycles. The number of methoxy groups -OCH3 is 3. The monoisotopic (exact) mass is 1610 g/mol. The minimum absolute atomic E-state index is 0.0166. The fourth-order valence-electron chi connectivity index (χ4n) is 13.1. The second kappa shape index (κ2) is 44.1. The van der Waals surface area contributed by atoms with Crippen molar-refractivity contribution in [1.82, 2.24) is 41.3 Å². The van der Waals surface area contributed by atoms with Crippen LogP contribution in [0.15, 0.2) is 60.7 Å². The number of carbonyl (C=O) groups is 6. The molecule has 7 amide bonds. The van der Waals surface area contributed by atoms with Crippen LogP contribution < -0.4 is 26.6 Å². The van der Waals surface area contributed by atoms with Gasteiger partial charge in [-0.25, -0.2) is 4.79 Å². The van der Waals surface area contributed by atoms with Gasteiger partial charge in [0.05, 0.1) is 75.7 Å². The summed E-state index contributed by atoms with van der Waals surface area (Å²) in [6.07, 6.45) is 2.77. The summed E-state index contributed by atoms with van der Waals surface area (Å²) >= 11 is 4.23. The standard InChI is InChI=1S/C53H92N9O10.C15H20N2O3.HI.Pt/c1-13-37(6)47(61(10)52(67)45(35(2)3)59-51(66)46(36(4)5)60(8)9)43(69-11)33-44(63)62-27-17-20-42(62)48(70-12)38(7)49(64)58-41(32-39-18-15-14-16-19-39)50(65)55-25-28-71-30-31-72-29-26-56-53(68)57-34-40-21-23-54-24-22-40;1-18-11-7-10-8-19-15(9-5-3-2-4-6-9)20-14(10)13(17)12(11)16;;/h14-16,18-19,35-38,40-43,45-48H,13,17,20-34H2,1-12H3,(H,55,65)(H,58,64)(H,59,66)(H2,56,57,68);2-6,10-17H,7-8H2,1H3;1H;/q-1;-2;;+1/p-1/t37-,38+,41-,42-,43+,45-,46-,47-,48+;10-,11-,12+,13-,14-,15?;;/m01../s1. The zero-order valence-electron chi connectivity index (χ0n) is 57.9. The van der Waals surface area contributed by atoms with Crippen LogP contribution in [0.4, 0.5) is 4.79 Å². The Morgan fingerprint density at radius 1 is 0.766 bits per heavy atom. The van der Waals surface area contributed by atoms with Crippen LogP contribution in [0.25, 0.3) is 16.8 Å². The zero-order valence-corrected chi connectivity index (χ0v) is 62.3. The molecule has 4 aliphatic rings. The first-order valence-electron chi connectivity index (χ1n) is 33.5. The summed E-state index contributed by atoms with van der Waals surface area (Å²) in [5, 5.41) is 19.0. The van der Waals surface area contributed by atoms with Crippen LogP contribution in [0.1, 0.15) is 111 Å². The molecule has 26 heteroatoms. The van der Waals surface area contributed by atoms with Crippen molar-refractivity contribution in [3.8, 4) is 0 Å². The summed E-state index contributed by atoms with van der Waals surface area (Å²) in [5.74, 6) is -1.77. The average Bonchev–Trinajstić information content (AvgIpc) is 0.912. The van der Waals surface area contributed by atoms with Gasteiger partial charge in [0.2, 0.25) is 29.5 Å². The second-order valence-electron chi connectivity index (χ2n) is 26.0. The van der Waals surface area contributed by atoms with Gasteiger partial charge in [-0.05, 0) is 62.6 Å². The van der Waals surface area contributed by atoms with Crippen molar-refractivity contribution >= 4 is 54.9 Å². The molecule has 3 saturated heterocycles. The minimum atomic E-state index is -0.903. The number of hydrogen-bond donors (Lipinski definition) is 5. The van der Waals surface area contributed by atoms with Gasteiger partial charge in [-0.3, -0.25) is 28.9 Å². The number of benzene rings is 2. The number of halogens is 1. The number of amides is 7. The van der Waals surface area contributed by atoms with Crippen molar-refractivity contribution in [3.63, 3.8) is 0 Å². The van der Waals surface area contributed by atoms with Crippen molar-refractivity contribution < 1.29 is 78.1 Å². The van der Waals surface area contributed by atoms with E-state index in [1.54, 1.807) is 38.0 Å². The van der Waals surface area contributed by atoms with E-state index in [4.69, 9.17) is 44.6 Å². The van der Waals surface area contributed by atoms with Crippen molar-refractivity contribution in [3.05, 3.63) is 88.6 Å². The number of rotatable bonds is 34. The number of urea groups is 1. The first-order chi connectivity index (χ1) is 45.1. The molecule has 537 valence electrons. The molecule has 3 aliphatic heterocycles. The molecule has 7 N–H and O–H groups in total. The van der Waals surface area contributed by atoms with Crippen molar-refractivity contribution in [2.24, 2.45) is 35.5 Å². The summed E-state index contributed by atoms with van der Waals surface area (Å²) in [6.45, 7) is 18.7. The van der Waals surface area contributed by atoms with Crippen LogP contribution in [0, 0.1) is 35.5 Å². The van der Waals surface area contributed by atoms with E-state index in [2.05, 4.69) is 67.4 Å². The number of ether oxygens (including phenoxy) is 7. The maximum absolute atomic E-state index is 14.5. The van der Waals surface area contributed by atoms with E-state index in [9.17, 15) is 28.8 Å². The molecule has 2 aromatic rings. The van der Waals surface area contributed by atoms with E-state index < -0.39 is 66.7 Å². The summed E-state index contributed by atoms with van der Waals surface area (Å²) in [7, 11) is 10.1. The number of carbonyl (C=O) groups excluding carboxylic acids is 6. The van der Waals surface area contributed by atoms with Gasteiger partial charge in [-0.15, -0.1) is 25.2 Å². The van der Waals surface area contributed by atoms with E-state index in [0.29, 0.717) is 71.2 Å². The van der Waals surface area contributed by atoms with Crippen LogP contribution in [0.2, 0.25) is 0 Å². The molecule has 0 radical (unpaired) electrons.